The fourth-order valence-corrected chi connectivity index (χ4v) is 1.70. The molecule has 2 N–H and O–H groups in total. The predicted octanol–water partition coefficient (Wildman–Crippen LogP) is 1.75. The normalized spacial score (nSPS) is 10.1. The van der Waals surface area contributed by atoms with Gasteiger partial charge in [0.05, 0.1) is 29.8 Å². The number of hydrogen-bond donors (Lipinski definition) is 1. The van der Waals surface area contributed by atoms with Crippen molar-refractivity contribution in [3.8, 4) is 0 Å². The van der Waals surface area contributed by atoms with Crippen LogP contribution in [0.1, 0.15) is 11.4 Å². The topological polar surface area (TPSA) is 55.0 Å². The van der Waals surface area contributed by atoms with Gasteiger partial charge in [0.1, 0.15) is 4.99 Å². The Morgan fingerprint density at radius 2 is 2.11 bits per heavy atom. The zero-order valence-corrected chi connectivity index (χ0v) is 10.9. The Balaban J connectivity index is 2.09. The third-order valence-corrected chi connectivity index (χ3v) is 2.78. The molecule has 0 aliphatic heterocycles. The molecule has 2 rings (SSSR count). The summed E-state index contributed by atoms with van der Waals surface area (Å²) in [6.07, 6.45) is 3.55. The first-order valence-corrected chi connectivity index (χ1v) is 5.94. The summed E-state index contributed by atoms with van der Waals surface area (Å²) in [7, 11) is 1.99. The molecular formula is C13H14N4S. The number of nitrogens with two attached hydrogens (primary N) is 1. The number of rotatable bonds is 4. The molecular weight excluding hydrogens is 244 g/mol. The van der Waals surface area contributed by atoms with Crippen molar-refractivity contribution in [3.05, 3.63) is 54.1 Å². The number of nitrogens with zero attached hydrogens (tertiary/aromatic N) is 3. The average Bonchev–Trinajstić information content (AvgIpc) is 2.40. The molecule has 0 fully saturated rings. The Hall–Kier alpha value is -2.01. The fourth-order valence-electron chi connectivity index (χ4n) is 1.58. The van der Waals surface area contributed by atoms with Gasteiger partial charge in [0.25, 0.3) is 0 Å². The molecule has 5 heteroatoms. The van der Waals surface area contributed by atoms with Gasteiger partial charge in [-0.25, -0.2) is 0 Å². The molecule has 0 saturated carbocycles. The molecule has 0 bridgehead atoms. The second kappa shape index (κ2) is 5.55. The number of aromatic nitrogens is 2. The van der Waals surface area contributed by atoms with Crippen LogP contribution in [0.3, 0.4) is 0 Å². The number of thiocarbonyl (C=S) groups is 1. The van der Waals surface area contributed by atoms with Gasteiger partial charge in [0.15, 0.2) is 0 Å². The number of pyridine rings is 2. The summed E-state index contributed by atoms with van der Waals surface area (Å²) in [5, 5.41) is 0. The minimum absolute atomic E-state index is 0.314. The van der Waals surface area contributed by atoms with E-state index in [1.807, 2.05) is 37.4 Å². The third-order valence-electron chi connectivity index (χ3n) is 2.57. The molecule has 0 aromatic carbocycles. The van der Waals surface area contributed by atoms with E-state index in [0.717, 1.165) is 17.9 Å². The van der Waals surface area contributed by atoms with Crippen LogP contribution in [0.5, 0.6) is 0 Å². The molecule has 92 valence electrons. The van der Waals surface area contributed by atoms with Crippen molar-refractivity contribution >= 4 is 22.9 Å². The highest BCUT2D eigenvalue weighted by atomic mass is 32.1. The van der Waals surface area contributed by atoms with Crippen molar-refractivity contribution in [2.45, 2.75) is 6.54 Å². The predicted molar refractivity (Wildman–Crippen MR) is 76.5 cm³/mol. The largest absolute Gasteiger partial charge is 0.388 e. The Bertz CT molecular complexity index is 524. The number of hydrogen-bond acceptors (Lipinski definition) is 4. The van der Waals surface area contributed by atoms with Gasteiger partial charge in [-0.15, -0.1) is 0 Å². The lowest BCUT2D eigenvalue weighted by Gasteiger charge is -2.18. The lowest BCUT2D eigenvalue weighted by molar-refractivity contribution is 0.881. The molecule has 0 aliphatic carbocycles. The molecule has 0 radical (unpaired) electrons. The van der Waals surface area contributed by atoms with Crippen molar-refractivity contribution in [2.24, 2.45) is 5.73 Å². The van der Waals surface area contributed by atoms with Crippen LogP contribution < -0.4 is 10.6 Å². The van der Waals surface area contributed by atoms with E-state index in [2.05, 4.69) is 14.9 Å². The number of anilines is 1. The maximum absolute atomic E-state index is 5.51. The minimum atomic E-state index is 0.314. The second-order valence-corrected chi connectivity index (χ2v) is 4.38. The first kappa shape index (κ1) is 12.4. The maximum atomic E-state index is 5.51. The van der Waals surface area contributed by atoms with Crippen molar-refractivity contribution in [1.82, 2.24) is 9.97 Å². The third kappa shape index (κ3) is 3.01. The molecule has 2 aromatic rings. The molecule has 18 heavy (non-hydrogen) atoms. The smallest absolute Gasteiger partial charge is 0.122 e. The lowest BCUT2D eigenvalue weighted by Crippen LogP contribution is -2.18. The zero-order valence-electron chi connectivity index (χ0n) is 10.1. The summed E-state index contributed by atoms with van der Waals surface area (Å²) in [5.74, 6) is 0. The Labute approximate surface area is 111 Å². The van der Waals surface area contributed by atoms with E-state index < -0.39 is 0 Å². The lowest BCUT2D eigenvalue weighted by atomic mass is 10.3. The van der Waals surface area contributed by atoms with E-state index in [4.69, 9.17) is 18.0 Å². The first-order chi connectivity index (χ1) is 8.66. The highest BCUT2D eigenvalue weighted by Crippen LogP contribution is 2.13. The standard InChI is InChI=1S/C13H14N4S/c1-17(9-10-4-2-3-7-15-10)11-5-6-12(13(14)18)16-8-11/h2-8H,9H2,1H3,(H2,14,18). The van der Waals surface area contributed by atoms with Crippen LogP contribution in [0.2, 0.25) is 0 Å². The molecule has 0 saturated heterocycles. The van der Waals surface area contributed by atoms with Crippen LogP contribution in [-0.2, 0) is 6.54 Å². The van der Waals surface area contributed by atoms with Gasteiger partial charge in [-0.05, 0) is 24.3 Å². The van der Waals surface area contributed by atoms with Crippen molar-refractivity contribution in [1.29, 1.82) is 0 Å². The van der Waals surface area contributed by atoms with Gasteiger partial charge < -0.3 is 10.6 Å². The molecule has 0 amide bonds. The van der Waals surface area contributed by atoms with Crippen LogP contribution in [0.4, 0.5) is 5.69 Å². The monoisotopic (exact) mass is 258 g/mol. The van der Waals surface area contributed by atoms with E-state index in [1.54, 1.807) is 12.4 Å². The second-order valence-electron chi connectivity index (χ2n) is 3.94. The molecule has 4 nitrogen and oxygen atoms in total. The molecule has 0 unspecified atom stereocenters. The molecule has 2 aromatic heterocycles. The van der Waals surface area contributed by atoms with Crippen LogP contribution in [0, 0.1) is 0 Å². The summed E-state index contributed by atoms with van der Waals surface area (Å²) >= 11 is 4.87. The van der Waals surface area contributed by atoms with Crippen LogP contribution in [0.15, 0.2) is 42.7 Å². The van der Waals surface area contributed by atoms with Gasteiger partial charge in [-0.2, -0.15) is 0 Å². The van der Waals surface area contributed by atoms with Gasteiger partial charge in [0, 0.05) is 13.2 Å². The highest BCUT2D eigenvalue weighted by Gasteiger charge is 2.04. The fraction of sp³-hybridized carbons (Fsp3) is 0.154. The average molecular weight is 258 g/mol. The van der Waals surface area contributed by atoms with Crippen molar-refractivity contribution in [3.63, 3.8) is 0 Å². The van der Waals surface area contributed by atoms with E-state index in [1.165, 1.54) is 0 Å². The summed E-state index contributed by atoms with van der Waals surface area (Å²) in [6.45, 7) is 0.731. The minimum Gasteiger partial charge on any atom is -0.388 e. The zero-order chi connectivity index (χ0) is 13.0. The maximum Gasteiger partial charge on any atom is 0.122 e. The SMILES string of the molecule is CN(Cc1ccccn1)c1ccc(C(N)=S)nc1. The van der Waals surface area contributed by atoms with Gasteiger partial charge >= 0.3 is 0 Å². The van der Waals surface area contributed by atoms with Crippen LogP contribution in [0.25, 0.3) is 0 Å². The van der Waals surface area contributed by atoms with E-state index in [0.29, 0.717) is 10.7 Å². The van der Waals surface area contributed by atoms with Crippen LogP contribution >= 0.6 is 12.2 Å². The Morgan fingerprint density at radius 1 is 1.28 bits per heavy atom. The van der Waals surface area contributed by atoms with E-state index in [9.17, 15) is 0 Å². The Kier molecular flexibility index (Phi) is 3.84. The molecule has 2 heterocycles. The van der Waals surface area contributed by atoms with E-state index in [-0.39, 0.29) is 0 Å². The summed E-state index contributed by atoms with van der Waals surface area (Å²) in [5.41, 5.74) is 8.16. The first-order valence-electron chi connectivity index (χ1n) is 5.54. The highest BCUT2D eigenvalue weighted by molar-refractivity contribution is 7.80. The van der Waals surface area contributed by atoms with Gasteiger partial charge in [0.2, 0.25) is 0 Å². The quantitative estimate of drug-likeness (QED) is 0.847. The molecule has 0 aliphatic rings. The van der Waals surface area contributed by atoms with Crippen molar-refractivity contribution in [2.75, 3.05) is 11.9 Å². The van der Waals surface area contributed by atoms with E-state index >= 15 is 0 Å². The summed E-state index contributed by atoms with van der Waals surface area (Å²) < 4.78 is 0. The van der Waals surface area contributed by atoms with Gasteiger partial charge in [-0.1, -0.05) is 18.3 Å². The summed E-state index contributed by atoms with van der Waals surface area (Å²) in [6, 6.07) is 9.65. The van der Waals surface area contributed by atoms with Gasteiger partial charge in [-0.3, -0.25) is 9.97 Å². The van der Waals surface area contributed by atoms with Crippen LogP contribution in [-0.4, -0.2) is 22.0 Å². The van der Waals surface area contributed by atoms with Crippen molar-refractivity contribution < 1.29 is 0 Å². The Morgan fingerprint density at radius 3 is 2.67 bits per heavy atom. The summed E-state index contributed by atoms with van der Waals surface area (Å²) in [4.78, 5) is 10.9. The molecule has 0 atom stereocenters. The molecule has 0 spiro atoms.